The highest BCUT2D eigenvalue weighted by atomic mass is 35.5. The third-order valence-corrected chi connectivity index (χ3v) is 5.94. The van der Waals surface area contributed by atoms with Gasteiger partial charge in [-0.05, 0) is 36.8 Å². The van der Waals surface area contributed by atoms with Crippen molar-refractivity contribution in [3.05, 3.63) is 82.8 Å². The second-order valence-corrected chi connectivity index (χ2v) is 8.50. The van der Waals surface area contributed by atoms with Crippen LogP contribution in [0, 0.1) is 0 Å². The molecule has 0 spiro atoms. The highest BCUT2D eigenvalue weighted by Gasteiger charge is 2.23. The predicted molar refractivity (Wildman–Crippen MR) is 130 cm³/mol. The van der Waals surface area contributed by atoms with E-state index in [1.165, 1.54) is 11.8 Å². The van der Waals surface area contributed by atoms with Crippen LogP contribution in [0.1, 0.15) is 39.8 Å². The van der Waals surface area contributed by atoms with E-state index < -0.39 is 5.91 Å². The number of hydrogen-bond acceptors (Lipinski definition) is 6. The fraction of sp³-hybridized carbons (Fsp3) is 0.167. The number of hydrogen-bond donors (Lipinski definition) is 2. The summed E-state index contributed by atoms with van der Waals surface area (Å²) in [5.41, 5.74) is 1.95. The second-order valence-electron chi connectivity index (χ2n) is 7.13. The lowest BCUT2D eigenvalue weighted by Gasteiger charge is -2.12. The van der Waals surface area contributed by atoms with E-state index in [4.69, 9.17) is 16.0 Å². The van der Waals surface area contributed by atoms with Crippen LogP contribution >= 0.6 is 23.4 Å². The number of amides is 2. The van der Waals surface area contributed by atoms with Gasteiger partial charge in [-0.2, -0.15) is 0 Å². The normalized spacial score (nSPS) is 10.8. The van der Waals surface area contributed by atoms with Crippen molar-refractivity contribution in [2.24, 2.45) is 0 Å². The van der Waals surface area contributed by atoms with Crippen molar-refractivity contribution in [1.29, 1.82) is 0 Å². The molecule has 2 N–H and O–H groups in total. The van der Waals surface area contributed by atoms with Crippen LogP contribution in [0.3, 0.4) is 0 Å². The largest absolute Gasteiger partial charge is 0.451 e. The summed E-state index contributed by atoms with van der Waals surface area (Å²) in [6.07, 6.45) is 4.13. The van der Waals surface area contributed by atoms with Gasteiger partial charge >= 0.3 is 0 Å². The summed E-state index contributed by atoms with van der Waals surface area (Å²) in [5.74, 6) is -0.157. The number of halogens is 1. The zero-order valence-corrected chi connectivity index (χ0v) is 19.4. The number of para-hydroxylation sites is 1. The van der Waals surface area contributed by atoms with Crippen LogP contribution in [0.25, 0.3) is 11.0 Å². The fourth-order valence-corrected chi connectivity index (χ4v) is 4.26. The van der Waals surface area contributed by atoms with E-state index in [-0.39, 0.29) is 11.7 Å². The molecule has 0 unspecified atom stereocenters. The Balaban J connectivity index is 1.65. The van der Waals surface area contributed by atoms with E-state index in [0.717, 1.165) is 17.4 Å². The summed E-state index contributed by atoms with van der Waals surface area (Å²) in [6, 6.07) is 13.9. The number of nitrogens with zero attached hydrogens (tertiary/aromatic N) is 2. The SMILES string of the molecule is CCCNC(=O)c1ccc(Cl)cc1NC(=O)c1oc2ccccc2c1CSc1ncccn1. The lowest BCUT2D eigenvalue weighted by Crippen LogP contribution is -2.26. The van der Waals surface area contributed by atoms with E-state index in [0.29, 0.717) is 39.3 Å². The van der Waals surface area contributed by atoms with E-state index in [1.807, 2.05) is 31.2 Å². The average Bonchev–Trinajstić information content (AvgIpc) is 3.21. The van der Waals surface area contributed by atoms with Crippen molar-refractivity contribution in [3.63, 3.8) is 0 Å². The van der Waals surface area contributed by atoms with Gasteiger partial charge in [0.05, 0.1) is 11.3 Å². The monoisotopic (exact) mass is 480 g/mol. The van der Waals surface area contributed by atoms with E-state index in [1.54, 1.807) is 36.7 Å². The van der Waals surface area contributed by atoms with Gasteiger partial charge in [0, 0.05) is 40.7 Å². The summed E-state index contributed by atoms with van der Waals surface area (Å²) in [4.78, 5) is 34.3. The first-order chi connectivity index (χ1) is 16.1. The molecule has 0 aliphatic heterocycles. The summed E-state index contributed by atoms with van der Waals surface area (Å²) < 4.78 is 5.92. The van der Waals surface area contributed by atoms with Gasteiger partial charge in [-0.25, -0.2) is 9.97 Å². The molecule has 2 aromatic heterocycles. The van der Waals surface area contributed by atoms with Crippen molar-refractivity contribution in [1.82, 2.24) is 15.3 Å². The van der Waals surface area contributed by atoms with Gasteiger partial charge in [-0.15, -0.1) is 0 Å². The molecule has 2 aromatic carbocycles. The average molecular weight is 481 g/mol. The Labute approximate surface area is 199 Å². The zero-order valence-electron chi connectivity index (χ0n) is 17.8. The van der Waals surface area contributed by atoms with Gasteiger partial charge in [0.25, 0.3) is 11.8 Å². The zero-order chi connectivity index (χ0) is 23.2. The molecule has 4 aromatic rings. The molecule has 0 saturated carbocycles. The Bertz CT molecular complexity index is 1290. The first kappa shape index (κ1) is 22.8. The number of thioether (sulfide) groups is 1. The number of carbonyl (C=O) groups excluding carboxylic acids is 2. The quantitative estimate of drug-likeness (QED) is 0.253. The van der Waals surface area contributed by atoms with Crippen LogP contribution in [0.4, 0.5) is 5.69 Å². The van der Waals surface area contributed by atoms with Gasteiger partial charge in [-0.1, -0.05) is 48.5 Å². The van der Waals surface area contributed by atoms with Crippen molar-refractivity contribution in [2.45, 2.75) is 24.3 Å². The molecule has 0 radical (unpaired) electrons. The van der Waals surface area contributed by atoms with Gasteiger partial charge < -0.3 is 15.1 Å². The maximum Gasteiger partial charge on any atom is 0.291 e. The molecule has 4 rings (SSSR count). The minimum atomic E-state index is -0.470. The van der Waals surface area contributed by atoms with Crippen LogP contribution in [-0.4, -0.2) is 28.3 Å². The minimum absolute atomic E-state index is 0.166. The maximum atomic E-state index is 13.3. The van der Waals surface area contributed by atoms with Gasteiger partial charge in [-0.3, -0.25) is 9.59 Å². The van der Waals surface area contributed by atoms with Crippen molar-refractivity contribution < 1.29 is 14.0 Å². The molecule has 7 nitrogen and oxygen atoms in total. The van der Waals surface area contributed by atoms with E-state index >= 15 is 0 Å². The van der Waals surface area contributed by atoms with Crippen molar-refractivity contribution >= 4 is 51.8 Å². The Morgan fingerprint density at radius 1 is 1.06 bits per heavy atom. The lowest BCUT2D eigenvalue weighted by atomic mass is 10.1. The molecule has 0 bridgehead atoms. The van der Waals surface area contributed by atoms with Crippen LogP contribution in [0.2, 0.25) is 5.02 Å². The number of fused-ring (bicyclic) bond motifs is 1. The maximum absolute atomic E-state index is 13.3. The fourth-order valence-electron chi connectivity index (χ4n) is 3.25. The number of benzene rings is 2. The lowest BCUT2D eigenvalue weighted by molar-refractivity contribution is 0.0954. The first-order valence-corrected chi connectivity index (χ1v) is 11.7. The number of nitrogens with one attached hydrogen (secondary N) is 2. The summed E-state index contributed by atoms with van der Waals surface area (Å²) in [6.45, 7) is 2.49. The minimum Gasteiger partial charge on any atom is -0.451 e. The van der Waals surface area contributed by atoms with Crippen molar-refractivity contribution in [2.75, 3.05) is 11.9 Å². The van der Waals surface area contributed by atoms with Gasteiger partial charge in [0.15, 0.2) is 10.9 Å². The summed E-state index contributed by atoms with van der Waals surface area (Å²) >= 11 is 7.55. The predicted octanol–water partition coefficient (Wildman–Crippen LogP) is 5.56. The van der Waals surface area contributed by atoms with Crippen molar-refractivity contribution in [3.8, 4) is 0 Å². The number of carbonyl (C=O) groups is 2. The summed E-state index contributed by atoms with van der Waals surface area (Å²) in [7, 11) is 0. The Hall–Kier alpha value is -3.36. The third kappa shape index (κ3) is 5.35. The molecule has 0 aliphatic carbocycles. The molecule has 0 atom stereocenters. The van der Waals surface area contributed by atoms with Gasteiger partial charge in [0.2, 0.25) is 0 Å². The number of furan rings is 1. The van der Waals surface area contributed by atoms with Crippen LogP contribution in [0.15, 0.2) is 70.5 Å². The first-order valence-electron chi connectivity index (χ1n) is 10.4. The highest BCUT2D eigenvalue weighted by Crippen LogP contribution is 2.32. The smallest absolute Gasteiger partial charge is 0.291 e. The van der Waals surface area contributed by atoms with Gasteiger partial charge in [0.1, 0.15) is 5.58 Å². The summed E-state index contributed by atoms with van der Waals surface area (Å²) in [5, 5.41) is 7.45. The van der Waals surface area contributed by atoms with E-state index in [9.17, 15) is 9.59 Å². The molecule has 2 heterocycles. The molecule has 9 heteroatoms. The Morgan fingerprint density at radius 3 is 2.64 bits per heavy atom. The second kappa shape index (κ2) is 10.5. The topological polar surface area (TPSA) is 97.1 Å². The number of rotatable bonds is 8. The molecule has 0 fully saturated rings. The Morgan fingerprint density at radius 2 is 1.85 bits per heavy atom. The number of anilines is 1. The van der Waals surface area contributed by atoms with Crippen LogP contribution in [0.5, 0.6) is 0 Å². The molecule has 33 heavy (non-hydrogen) atoms. The number of aromatic nitrogens is 2. The van der Waals surface area contributed by atoms with E-state index in [2.05, 4.69) is 20.6 Å². The Kier molecular flexibility index (Phi) is 7.26. The highest BCUT2D eigenvalue weighted by molar-refractivity contribution is 7.98. The van der Waals surface area contributed by atoms with Crippen LogP contribution in [-0.2, 0) is 5.75 Å². The third-order valence-electron chi connectivity index (χ3n) is 4.80. The molecular weight excluding hydrogens is 460 g/mol. The molecule has 2 amide bonds. The molecule has 0 aliphatic rings. The van der Waals surface area contributed by atoms with Crippen LogP contribution < -0.4 is 10.6 Å². The molecular formula is C24H21ClN4O3S. The standard InChI is InChI=1S/C24H21ClN4O3S/c1-2-10-26-22(30)17-9-8-15(25)13-19(17)29-23(31)21-18(14-33-24-27-11-5-12-28-24)16-6-3-4-7-20(16)32-21/h3-9,11-13H,2,10,14H2,1H3,(H,26,30)(H,29,31). The molecule has 168 valence electrons. The molecule has 0 saturated heterocycles.